The van der Waals surface area contributed by atoms with E-state index in [9.17, 15) is 24.0 Å². The van der Waals surface area contributed by atoms with E-state index in [1.807, 2.05) is 103 Å². The van der Waals surface area contributed by atoms with Crippen LogP contribution in [0.4, 0.5) is 0 Å². The van der Waals surface area contributed by atoms with Crippen molar-refractivity contribution in [2.45, 2.75) is 123 Å². The first-order valence-corrected chi connectivity index (χ1v) is 23.0. The Hall–Kier alpha value is -3.38. The molecule has 15 nitrogen and oxygen atoms in total. The van der Waals surface area contributed by atoms with Gasteiger partial charge in [0.05, 0.1) is 48.7 Å². The van der Waals surface area contributed by atoms with Gasteiger partial charge in [0, 0.05) is 53.3 Å². The average molecular weight is 958 g/mol. The van der Waals surface area contributed by atoms with E-state index in [1.54, 1.807) is 38.6 Å². The molecular weight excluding hydrogens is 880 g/mol. The van der Waals surface area contributed by atoms with Crippen molar-refractivity contribution in [2.75, 3.05) is 62.0 Å². The second kappa shape index (κ2) is 27.9. The van der Waals surface area contributed by atoms with Crippen LogP contribution in [-0.2, 0) is 35.1 Å². The molecule has 2 aromatic rings. The number of thiazole rings is 1. The van der Waals surface area contributed by atoms with E-state index in [4.69, 9.17) is 15.2 Å². The Morgan fingerprint density at radius 3 is 2.09 bits per heavy atom. The van der Waals surface area contributed by atoms with E-state index in [-0.39, 0.29) is 84.6 Å². The molecule has 1 aliphatic rings. The van der Waals surface area contributed by atoms with E-state index in [2.05, 4.69) is 15.6 Å². The van der Waals surface area contributed by atoms with Crippen molar-refractivity contribution < 1.29 is 33.4 Å². The summed E-state index contributed by atoms with van der Waals surface area (Å²) in [6.07, 6.45) is 1.30. The third kappa shape index (κ3) is 15.3. The zero-order valence-corrected chi connectivity index (χ0v) is 42.8. The maximum Gasteiger partial charge on any atom is 0.273 e. The number of nitrogens with one attached hydrogen (secondary N) is 2. The van der Waals surface area contributed by atoms with Gasteiger partial charge in [-0.05, 0) is 56.7 Å². The molecule has 18 heteroatoms. The number of aromatic nitrogens is 1. The zero-order valence-electron chi connectivity index (χ0n) is 40.4. The number of halogens is 2. The van der Waals surface area contributed by atoms with Crippen LogP contribution in [0, 0.1) is 23.7 Å². The standard InChI is InChI=1S/C46H76N8O7S.2ClH/c1-14-30(6)40(53(11)46(59)38(28(2)3)50-43(57)39(29(4)5)51(8)9)36(60-12)26-37(55)54-23-18-21-35(54)41(61-13)31(7)42(56)48-33(25-32-19-16-15-17-20-32)44-49-34(27-62-44)45(58)52(10)24-22-47;;/h15-17,19-20,27-31,33,35-36,38-41H,14,18,21-26,47H2,1-13H3,(H,48,56)(H,50,57);2*1H/t30-,31+,33?,35?,36+,38-,39-,40-,41+;;/m0../s1. The van der Waals surface area contributed by atoms with Crippen molar-refractivity contribution in [3.8, 4) is 0 Å². The van der Waals surface area contributed by atoms with Gasteiger partial charge in [0.1, 0.15) is 16.7 Å². The van der Waals surface area contributed by atoms with Crippen molar-refractivity contribution in [3.63, 3.8) is 0 Å². The van der Waals surface area contributed by atoms with Gasteiger partial charge in [-0.3, -0.25) is 28.9 Å². The topological polar surface area (TPSA) is 180 Å². The van der Waals surface area contributed by atoms with Gasteiger partial charge in [-0.1, -0.05) is 85.2 Å². The first kappa shape index (κ1) is 58.6. The van der Waals surface area contributed by atoms with Crippen LogP contribution < -0.4 is 16.4 Å². The Balaban J connectivity index is 0.0000102. The summed E-state index contributed by atoms with van der Waals surface area (Å²) in [5.41, 5.74) is 6.97. The molecule has 364 valence electrons. The van der Waals surface area contributed by atoms with Crippen LogP contribution in [0.3, 0.4) is 0 Å². The molecule has 1 fully saturated rings. The highest BCUT2D eigenvalue weighted by atomic mass is 35.5. The largest absolute Gasteiger partial charge is 0.379 e. The molecule has 1 aromatic carbocycles. The predicted molar refractivity (Wildman–Crippen MR) is 259 cm³/mol. The van der Waals surface area contributed by atoms with Gasteiger partial charge in [-0.25, -0.2) is 4.98 Å². The maximum atomic E-state index is 14.4. The van der Waals surface area contributed by atoms with Gasteiger partial charge in [0.2, 0.25) is 23.6 Å². The number of hydrogen-bond donors (Lipinski definition) is 3. The summed E-state index contributed by atoms with van der Waals surface area (Å²) in [4.78, 5) is 81.1. The molecule has 2 heterocycles. The number of nitrogens with two attached hydrogens (primary N) is 1. The molecule has 0 bridgehead atoms. The first-order valence-electron chi connectivity index (χ1n) is 22.2. The maximum absolute atomic E-state index is 14.4. The molecule has 1 aromatic heterocycles. The van der Waals surface area contributed by atoms with Crippen molar-refractivity contribution in [1.29, 1.82) is 0 Å². The lowest BCUT2D eigenvalue weighted by atomic mass is 9.89. The van der Waals surface area contributed by atoms with Crippen LogP contribution in [0.5, 0.6) is 0 Å². The number of rotatable bonds is 24. The fraction of sp³-hybridized carbons (Fsp3) is 0.696. The number of hydrogen-bond acceptors (Lipinski definition) is 11. The summed E-state index contributed by atoms with van der Waals surface area (Å²) in [6.45, 7) is 14.9. The molecule has 3 rings (SSSR count). The monoisotopic (exact) mass is 957 g/mol. The molecule has 0 spiro atoms. The molecule has 1 aliphatic heterocycles. The third-order valence-electron chi connectivity index (χ3n) is 12.4. The highest BCUT2D eigenvalue weighted by Crippen LogP contribution is 2.31. The Morgan fingerprint density at radius 1 is 0.922 bits per heavy atom. The highest BCUT2D eigenvalue weighted by Gasteiger charge is 2.43. The van der Waals surface area contributed by atoms with E-state index in [1.165, 1.54) is 16.2 Å². The quantitative estimate of drug-likeness (QED) is 0.129. The Morgan fingerprint density at radius 2 is 1.56 bits per heavy atom. The van der Waals surface area contributed by atoms with Gasteiger partial charge < -0.3 is 40.5 Å². The van der Waals surface area contributed by atoms with Crippen LogP contribution in [0.1, 0.15) is 101 Å². The van der Waals surface area contributed by atoms with Crippen molar-refractivity contribution in [3.05, 3.63) is 52.0 Å². The van der Waals surface area contributed by atoms with Crippen LogP contribution in [-0.4, -0.2) is 153 Å². The molecule has 0 saturated carbocycles. The minimum Gasteiger partial charge on any atom is -0.379 e. The van der Waals surface area contributed by atoms with Crippen molar-refractivity contribution in [1.82, 2.24) is 35.2 Å². The molecule has 64 heavy (non-hydrogen) atoms. The highest BCUT2D eigenvalue weighted by molar-refractivity contribution is 7.09. The number of carbonyl (C=O) groups excluding carboxylic acids is 5. The van der Waals surface area contributed by atoms with Crippen LogP contribution in [0.2, 0.25) is 0 Å². The molecule has 2 unspecified atom stereocenters. The SMILES string of the molecule is CC[C@H](C)[C@@H]([C@@H](CC(=O)N1CCCC1[C@H](OC)[C@@H](C)C(=O)NC(Cc1ccccc1)c1nc(C(=O)N(C)CCN)cs1)OC)N(C)C(=O)[C@@H](NC(=O)[C@H](C(C)C)N(C)C)C(C)C.Cl.Cl. The Kier molecular flexibility index (Phi) is 25.6. The van der Waals surface area contributed by atoms with E-state index in [0.717, 1.165) is 18.4 Å². The Bertz CT molecular complexity index is 1750. The van der Waals surface area contributed by atoms with Crippen molar-refractivity contribution >= 4 is 65.7 Å². The molecule has 4 N–H and O–H groups in total. The van der Waals surface area contributed by atoms with Crippen LogP contribution in [0.15, 0.2) is 35.7 Å². The summed E-state index contributed by atoms with van der Waals surface area (Å²) >= 11 is 1.32. The lowest BCUT2D eigenvalue weighted by molar-refractivity contribution is -0.148. The number of carbonyl (C=O) groups is 5. The summed E-state index contributed by atoms with van der Waals surface area (Å²) in [7, 11) is 10.3. The third-order valence-corrected chi connectivity index (χ3v) is 13.4. The Labute approximate surface area is 399 Å². The van der Waals surface area contributed by atoms with Gasteiger partial charge in [-0.2, -0.15) is 0 Å². The van der Waals surface area contributed by atoms with E-state index in [0.29, 0.717) is 43.2 Å². The molecule has 9 atom stereocenters. The van der Waals surface area contributed by atoms with Gasteiger partial charge in [0.25, 0.3) is 5.91 Å². The summed E-state index contributed by atoms with van der Waals surface area (Å²) in [5.74, 6) is -1.95. The number of benzene rings is 1. The lowest BCUT2D eigenvalue weighted by Gasteiger charge is -2.41. The number of likely N-dealkylation sites (N-methyl/N-ethyl adjacent to an activating group) is 3. The number of nitrogens with zero attached hydrogens (tertiary/aromatic N) is 5. The predicted octanol–water partition coefficient (Wildman–Crippen LogP) is 5.06. The summed E-state index contributed by atoms with van der Waals surface area (Å²) < 4.78 is 12.1. The van der Waals surface area contributed by atoms with Gasteiger partial charge in [0.15, 0.2) is 0 Å². The molecular formula is C46H78Cl2N8O7S. The smallest absolute Gasteiger partial charge is 0.273 e. The number of methoxy groups -OCH3 is 2. The van der Waals surface area contributed by atoms with Crippen LogP contribution >= 0.6 is 36.2 Å². The first-order chi connectivity index (χ1) is 29.3. The second-order valence-electron chi connectivity index (χ2n) is 17.8. The minimum atomic E-state index is -0.776. The minimum absolute atomic E-state index is 0. The van der Waals surface area contributed by atoms with E-state index < -0.39 is 42.3 Å². The lowest BCUT2D eigenvalue weighted by Crippen LogP contribution is -2.59. The fourth-order valence-electron chi connectivity index (χ4n) is 8.80. The summed E-state index contributed by atoms with van der Waals surface area (Å²) in [6, 6.07) is 7.22. The number of amides is 5. The summed E-state index contributed by atoms with van der Waals surface area (Å²) in [5, 5.41) is 8.57. The van der Waals surface area contributed by atoms with Gasteiger partial charge >= 0.3 is 0 Å². The number of ether oxygens (including phenoxy) is 2. The average Bonchev–Trinajstić information content (AvgIpc) is 3.93. The molecule has 0 radical (unpaired) electrons. The molecule has 5 amide bonds. The second-order valence-corrected chi connectivity index (χ2v) is 18.7. The van der Waals surface area contributed by atoms with Gasteiger partial charge in [-0.15, -0.1) is 36.2 Å². The molecule has 1 saturated heterocycles. The van der Waals surface area contributed by atoms with E-state index >= 15 is 0 Å². The fourth-order valence-corrected chi connectivity index (χ4v) is 9.64. The normalized spacial score (nSPS) is 17.6. The number of likely N-dealkylation sites (tertiary alicyclic amines) is 1. The molecule has 0 aliphatic carbocycles. The zero-order chi connectivity index (χ0) is 46.4. The van der Waals surface area contributed by atoms with Crippen LogP contribution in [0.25, 0.3) is 0 Å². The van der Waals surface area contributed by atoms with Crippen molar-refractivity contribution in [2.24, 2.45) is 29.4 Å².